The Bertz CT molecular complexity index is 321. The molecular formula is C11H13NO2. The van der Waals surface area contributed by atoms with Crippen LogP contribution in [0.4, 0.5) is 0 Å². The van der Waals surface area contributed by atoms with Crippen molar-refractivity contribution in [2.24, 2.45) is 4.99 Å². The third-order valence-corrected chi connectivity index (χ3v) is 2.00. The van der Waals surface area contributed by atoms with Gasteiger partial charge >= 0.3 is 0 Å². The lowest BCUT2D eigenvalue weighted by atomic mass is 10.2. The van der Waals surface area contributed by atoms with Gasteiger partial charge in [-0.25, -0.2) is 4.99 Å². The molecule has 0 fully saturated rings. The van der Waals surface area contributed by atoms with Crippen LogP contribution >= 0.6 is 0 Å². The molecule has 0 aromatic heterocycles. The summed E-state index contributed by atoms with van der Waals surface area (Å²) in [5.41, 5.74) is 1.01. The maximum atomic E-state index is 5.52. The molecule has 3 nitrogen and oxygen atoms in total. The highest BCUT2D eigenvalue weighted by Gasteiger charge is 2.20. The molecule has 0 bridgehead atoms. The Balaban J connectivity index is 2.02. The average molecular weight is 191 g/mol. The topological polar surface area (TPSA) is 30.8 Å². The molecule has 0 amide bonds. The molecule has 0 aliphatic carbocycles. The largest absolute Gasteiger partial charge is 0.446 e. The van der Waals surface area contributed by atoms with Crippen molar-refractivity contribution in [2.45, 2.75) is 13.2 Å². The number of ether oxygens (including phenoxy) is 2. The molecule has 0 N–H and O–H groups in total. The summed E-state index contributed by atoms with van der Waals surface area (Å²) >= 11 is 0. The Labute approximate surface area is 83.4 Å². The van der Waals surface area contributed by atoms with Crippen molar-refractivity contribution in [3.8, 4) is 0 Å². The Morgan fingerprint density at radius 3 is 2.93 bits per heavy atom. The van der Waals surface area contributed by atoms with Crippen LogP contribution in [0.15, 0.2) is 35.3 Å². The highest BCUT2D eigenvalue weighted by molar-refractivity contribution is 5.94. The van der Waals surface area contributed by atoms with Crippen LogP contribution in [0.25, 0.3) is 0 Å². The third kappa shape index (κ3) is 1.93. The lowest BCUT2D eigenvalue weighted by Crippen LogP contribution is -2.17. The fraction of sp³-hybridized carbons (Fsp3) is 0.364. The molecule has 1 aromatic carbocycles. The van der Waals surface area contributed by atoms with Crippen LogP contribution in [0.2, 0.25) is 0 Å². The van der Waals surface area contributed by atoms with E-state index in [9.17, 15) is 0 Å². The van der Waals surface area contributed by atoms with Crippen molar-refractivity contribution in [1.29, 1.82) is 0 Å². The highest BCUT2D eigenvalue weighted by Crippen LogP contribution is 2.12. The van der Waals surface area contributed by atoms with Gasteiger partial charge in [0.1, 0.15) is 6.54 Å². The molecule has 3 heteroatoms. The number of rotatable bonds is 3. The number of benzene rings is 1. The molecule has 0 radical (unpaired) electrons. The van der Waals surface area contributed by atoms with Gasteiger partial charge in [0.05, 0.1) is 0 Å². The maximum Gasteiger partial charge on any atom is 0.221 e. The fourth-order valence-corrected chi connectivity index (χ4v) is 1.37. The van der Waals surface area contributed by atoms with Crippen molar-refractivity contribution in [3.05, 3.63) is 35.9 Å². The second-order valence-corrected chi connectivity index (χ2v) is 3.01. The molecule has 74 valence electrons. The van der Waals surface area contributed by atoms with Gasteiger partial charge in [-0.05, 0) is 19.1 Å². The van der Waals surface area contributed by atoms with Crippen LogP contribution in [0.3, 0.4) is 0 Å². The van der Waals surface area contributed by atoms with Gasteiger partial charge < -0.3 is 9.47 Å². The number of aliphatic imine (C=N–C) groups is 1. The van der Waals surface area contributed by atoms with Gasteiger partial charge in [0.2, 0.25) is 12.2 Å². The normalized spacial score (nSPS) is 20.4. The Morgan fingerprint density at radius 2 is 2.21 bits per heavy atom. The summed E-state index contributed by atoms with van der Waals surface area (Å²) in [4.78, 5) is 4.28. The smallest absolute Gasteiger partial charge is 0.221 e. The summed E-state index contributed by atoms with van der Waals surface area (Å²) in [5.74, 6) is 0.684. The van der Waals surface area contributed by atoms with E-state index in [4.69, 9.17) is 9.47 Å². The lowest BCUT2D eigenvalue weighted by Gasteiger charge is -2.10. The zero-order valence-corrected chi connectivity index (χ0v) is 8.14. The van der Waals surface area contributed by atoms with E-state index in [0.717, 1.165) is 5.56 Å². The molecule has 1 heterocycles. The first-order valence-corrected chi connectivity index (χ1v) is 4.78. The van der Waals surface area contributed by atoms with Gasteiger partial charge in [0.25, 0.3) is 0 Å². The molecule has 0 saturated carbocycles. The van der Waals surface area contributed by atoms with Crippen molar-refractivity contribution in [2.75, 3.05) is 13.2 Å². The second kappa shape index (κ2) is 4.24. The minimum absolute atomic E-state index is 0.199. The Kier molecular flexibility index (Phi) is 2.79. The van der Waals surface area contributed by atoms with E-state index in [2.05, 4.69) is 4.99 Å². The van der Waals surface area contributed by atoms with E-state index in [1.54, 1.807) is 0 Å². The van der Waals surface area contributed by atoms with Gasteiger partial charge in [-0.3, -0.25) is 0 Å². The molecule has 1 atom stereocenters. The minimum atomic E-state index is -0.199. The first kappa shape index (κ1) is 9.21. The van der Waals surface area contributed by atoms with E-state index < -0.39 is 0 Å². The van der Waals surface area contributed by atoms with Gasteiger partial charge in [0, 0.05) is 12.2 Å². The van der Waals surface area contributed by atoms with E-state index in [1.807, 2.05) is 37.3 Å². The minimum Gasteiger partial charge on any atom is -0.446 e. The molecule has 2 rings (SSSR count). The van der Waals surface area contributed by atoms with Crippen molar-refractivity contribution >= 4 is 5.90 Å². The monoisotopic (exact) mass is 191 g/mol. The zero-order chi connectivity index (χ0) is 9.80. The van der Waals surface area contributed by atoms with Crippen molar-refractivity contribution in [3.63, 3.8) is 0 Å². The first-order chi connectivity index (χ1) is 6.90. The third-order valence-electron chi connectivity index (χ3n) is 2.00. The highest BCUT2D eigenvalue weighted by atomic mass is 16.7. The van der Waals surface area contributed by atoms with Gasteiger partial charge in [-0.1, -0.05) is 18.2 Å². The van der Waals surface area contributed by atoms with Crippen LogP contribution < -0.4 is 0 Å². The van der Waals surface area contributed by atoms with E-state index in [0.29, 0.717) is 19.0 Å². The van der Waals surface area contributed by atoms with Crippen LogP contribution in [0.1, 0.15) is 12.5 Å². The Hall–Kier alpha value is -1.35. The second-order valence-electron chi connectivity index (χ2n) is 3.01. The summed E-state index contributed by atoms with van der Waals surface area (Å²) < 4.78 is 10.8. The van der Waals surface area contributed by atoms with Crippen LogP contribution in [0, 0.1) is 0 Å². The zero-order valence-electron chi connectivity index (χ0n) is 8.14. The summed E-state index contributed by atoms with van der Waals surface area (Å²) in [6, 6.07) is 9.86. The Morgan fingerprint density at radius 1 is 1.43 bits per heavy atom. The summed E-state index contributed by atoms with van der Waals surface area (Å²) in [6.07, 6.45) is -0.199. The summed E-state index contributed by atoms with van der Waals surface area (Å²) in [6.45, 7) is 3.20. The average Bonchev–Trinajstić information content (AvgIpc) is 2.68. The predicted octanol–water partition coefficient (Wildman–Crippen LogP) is 1.83. The van der Waals surface area contributed by atoms with E-state index >= 15 is 0 Å². The van der Waals surface area contributed by atoms with Crippen molar-refractivity contribution < 1.29 is 9.47 Å². The standard InChI is InChI=1S/C11H13NO2/c1-2-13-10-8-12-11(14-10)9-6-4-3-5-7-9/h3-7,10H,2,8H2,1H3. The quantitative estimate of drug-likeness (QED) is 0.729. The van der Waals surface area contributed by atoms with Gasteiger partial charge in [-0.15, -0.1) is 0 Å². The van der Waals surface area contributed by atoms with Crippen LogP contribution in [0.5, 0.6) is 0 Å². The molecule has 1 aliphatic rings. The van der Waals surface area contributed by atoms with Gasteiger partial charge in [-0.2, -0.15) is 0 Å². The molecule has 0 spiro atoms. The molecule has 14 heavy (non-hydrogen) atoms. The number of hydrogen-bond acceptors (Lipinski definition) is 3. The first-order valence-electron chi connectivity index (χ1n) is 4.78. The van der Waals surface area contributed by atoms with Crippen molar-refractivity contribution in [1.82, 2.24) is 0 Å². The summed E-state index contributed by atoms with van der Waals surface area (Å²) in [7, 11) is 0. The molecule has 0 saturated heterocycles. The molecule has 1 unspecified atom stereocenters. The van der Waals surface area contributed by atoms with E-state index in [-0.39, 0.29) is 6.29 Å². The maximum absolute atomic E-state index is 5.52. The van der Waals surface area contributed by atoms with Crippen LogP contribution in [-0.4, -0.2) is 25.3 Å². The summed E-state index contributed by atoms with van der Waals surface area (Å²) in [5, 5.41) is 0. The van der Waals surface area contributed by atoms with Gasteiger partial charge in [0.15, 0.2) is 0 Å². The molecule has 1 aliphatic heterocycles. The fourth-order valence-electron chi connectivity index (χ4n) is 1.37. The predicted molar refractivity (Wildman–Crippen MR) is 54.3 cm³/mol. The number of nitrogens with zero attached hydrogens (tertiary/aromatic N) is 1. The molecular weight excluding hydrogens is 178 g/mol. The SMILES string of the molecule is CCOC1CN=C(c2ccccc2)O1. The van der Waals surface area contributed by atoms with E-state index in [1.165, 1.54) is 0 Å². The van der Waals surface area contributed by atoms with Crippen LogP contribution in [-0.2, 0) is 9.47 Å². The number of hydrogen-bond donors (Lipinski definition) is 0. The lowest BCUT2D eigenvalue weighted by molar-refractivity contribution is -0.0632. The molecule has 1 aromatic rings.